The summed E-state index contributed by atoms with van der Waals surface area (Å²) in [6, 6.07) is 5.98. The maximum Gasteiger partial charge on any atom is 0.407 e. The molecule has 3 aromatic rings. The van der Waals surface area contributed by atoms with E-state index in [2.05, 4.69) is 0 Å². The third-order valence-electron chi connectivity index (χ3n) is 4.81. The minimum Gasteiger partial charge on any atom is -0.208 e. The Morgan fingerprint density at radius 1 is 0.536 bits per heavy atom. The summed E-state index contributed by atoms with van der Waals surface area (Å²) < 4.78 is 86.2. The van der Waals surface area contributed by atoms with Crippen molar-refractivity contribution < 1.29 is 26.3 Å². The van der Waals surface area contributed by atoms with Gasteiger partial charge in [0.25, 0.3) is 0 Å². The first-order valence-electron chi connectivity index (χ1n) is 8.48. The van der Waals surface area contributed by atoms with Crippen molar-refractivity contribution in [3.8, 4) is 0 Å². The lowest BCUT2D eigenvalue weighted by atomic mass is 10.2. The minimum atomic E-state index is -3.65. The van der Waals surface area contributed by atoms with Crippen molar-refractivity contribution in [1.82, 2.24) is 0 Å². The summed E-state index contributed by atoms with van der Waals surface area (Å²) in [5, 5.41) is 0. The molecular formula is C21H15AlF6. The summed E-state index contributed by atoms with van der Waals surface area (Å²) in [7, 11) is 0. The molecule has 0 aliphatic carbocycles. The minimum absolute atomic E-state index is 0.0100. The zero-order chi connectivity index (χ0) is 20.7. The Labute approximate surface area is 162 Å². The summed E-state index contributed by atoms with van der Waals surface area (Å²) >= 11 is -3.65. The van der Waals surface area contributed by atoms with Gasteiger partial charge in [0, 0.05) is 6.07 Å². The molecule has 144 valence electrons. The lowest BCUT2D eigenvalue weighted by Crippen LogP contribution is -2.58. The van der Waals surface area contributed by atoms with Gasteiger partial charge in [0.15, 0.2) is 0 Å². The van der Waals surface area contributed by atoms with Crippen molar-refractivity contribution in [3.63, 3.8) is 0 Å². The van der Waals surface area contributed by atoms with Crippen molar-refractivity contribution in [2.24, 2.45) is 0 Å². The number of benzene rings is 3. The molecule has 0 aliphatic rings. The van der Waals surface area contributed by atoms with Gasteiger partial charge in [0.2, 0.25) is 0 Å². The van der Waals surface area contributed by atoms with Gasteiger partial charge in [-0.2, -0.15) is 0 Å². The van der Waals surface area contributed by atoms with Crippen LogP contribution in [0.1, 0.15) is 16.7 Å². The zero-order valence-corrected chi connectivity index (χ0v) is 16.5. The molecule has 7 heteroatoms. The van der Waals surface area contributed by atoms with Crippen molar-refractivity contribution >= 4 is 27.4 Å². The van der Waals surface area contributed by atoms with Crippen LogP contribution in [0.2, 0.25) is 0 Å². The highest BCUT2D eigenvalue weighted by Gasteiger charge is 2.38. The van der Waals surface area contributed by atoms with E-state index < -0.39 is 57.9 Å². The van der Waals surface area contributed by atoms with Crippen LogP contribution in [0.15, 0.2) is 36.4 Å². The fourth-order valence-electron chi connectivity index (χ4n) is 3.24. The van der Waals surface area contributed by atoms with Crippen LogP contribution in [0.3, 0.4) is 0 Å². The second kappa shape index (κ2) is 7.65. The number of hydrogen-bond donors (Lipinski definition) is 0. The molecule has 0 aromatic heterocycles. The number of halogens is 6. The highest BCUT2D eigenvalue weighted by Crippen LogP contribution is 2.15. The number of rotatable bonds is 3. The summed E-state index contributed by atoms with van der Waals surface area (Å²) in [5.74, 6) is -5.98. The lowest BCUT2D eigenvalue weighted by molar-refractivity contribution is 0.580. The molecule has 0 saturated carbocycles. The molecular weight excluding hydrogens is 393 g/mol. The van der Waals surface area contributed by atoms with Crippen molar-refractivity contribution in [2.45, 2.75) is 20.8 Å². The fraction of sp³-hybridized carbons (Fsp3) is 0.143. The lowest BCUT2D eigenvalue weighted by Gasteiger charge is -2.20. The van der Waals surface area contributed by atoms with E-state index >= 15 is 0 Å². The normalized spacial score (nSPS) is 11.0. The number of hydrogen-bond acceptors (Lipinski definition) is 0. The molecule has 0 spiro atoms. The van der Waals surface area contributed by atoms with Gasteiger partial charge in [-0.15, -0.1) is 0 Å². The SMILES string of the molecule is Cc1c[c]([Al]([c]2c(F)ccc(C)c2F)[c]2c(F)ccc(C)c2F)c(F)cc1F. The van der Waals surface area contributed by atoms with E-state index in [0.717, 1.165) is 18.2 Å². The molecule has 0 amide bonds. The van der Waals surface area contributed by atoms with Gasteiger partial charge in [-0.1, -0.05) is 22.6 Å². The molecule has 0 aliphatic heterocycles. The monoisotopic (exact) mass is 408 g/mol. The predicted octanol–water partition coefficient (Wildman–Crippen LogP) is 3.96. The van der Waals surface area contributed by atoms with E-state index in [1.165, 1.54) is 32.9 Å². The van der Waals surface area contributed by atoms with E-state index in [1.54, 1.807) is 0 Å². The van der Waals surface area contributed by atoms with E-state index in [1.807, 2.05) is 0 Å². The summed E-state index contributed by atoms with van der Waals surface area (Å²) in [6.07, 6.45) is 0. The molecule has 0 fully saturated rings. The first kappa shape index (κ1) is 20.5. The second-order valence-electron chi connectivity index (χ2n) is 6.74. The molecule has 0 atom stereocenters. The van der Waals surface area contributed by atoms with Gasteiger partial charge in [-0.3, -0.25) is 0 Å². The quantitative estimate of drug-likeness (QED) is 0.455. The van der Waals surface area contributed by atoms with Crippen LogP contribution in [-0.2, 0) is 0 Å². The number of aryl methyl sites for hydroxylation is 3. The highest BCUT2D eigenvalue weighted by atomic mass is 27.2. The average molecular weight is 408 g/mol. The van der Waals surface area contributed by atoms with Crippen LogP contribution < -0.4 is 13.3 Å². The van der Waals surface area contributed by atoms with Crippen LogP contribution in [0, 0.1) is 55.7 Å². The molecule has 0 saturated heterocycles. The van der Waals surface area contributed by atoms with Gasteiger partial charge in [-0.25, -0.2) is 26.3 Å². The Bertz CT molecular complexity index is 1020. The zero-order valence-electron chi connectivity index (χ0n) is 15.3. The summed E-state index contributed by atoms with van der Waals surface area (Å²) in [5.41, 5.74) is 0.124. The van der Waals surface area contributed by atoms with Gasteiger partial charge >= 0.3 is 14.1 Å². The summed E-state index contributed by atoms with van der Waals surface area (Å²) in [4.78, 5) is 0. The Hall–Kier alpha value is -2.23. The topological polar surface area (TPSA) is 0 Å². The fourth-order valence-corrected chi connectivity index (χ4v) is 6.63. The predicted molar refractivity (Wildman–Crippen MR) is 97.9 cm³/mol. The van der Waals surface area contributed by atoms with Crippen molar-refractivity contribution in [2.75, 3.05) is 0 Å². The van der Waals surface area contributed by atoms with Gasteiger partial charge < -0.3 is 0 Å². The molecule has 28 heavy (non-hydrogen) atoms. The maximum atomic E-state index is 14.9. The van der Waals surface area contributed by atoms with Crippen molar-refractivity contribution in [3.05, 3.63) is 88.0 Å². The molecule has 0 radical (unpaired) electrons. The molecule has 0 N–H and O–H groups in total. The summed E-state index contributed by atoms with van der Waals surface area (Å²) in [6.45, 7) is 4.09. The van der Waals surface area contributed by atoms with Gasteiger partial charge in [-0.05, 0) is 58.4 Å². The molecule has 0 unspecified atom stereocenters. The molecule has 0 nitrogen and oxygen atoms in total. The third-order valence-corrected chi connectivity index (χ3v) is 8.08. The van der Waals surface area contributed by atoms with Gasteiger partial charge in [0.1, 0.15) is 34.9 Å². The maximum absolute atomic E-state index is 14.9. The van der Waals surface area contributed by atoms with Crippen LogP contribution in [0.4, 0.5) is 26.3 Å². The average Bonchev–Trinajstić information content (AvgIpc) is 2.64. The molecule has 3 rings (SSSR count). The molecule has 0 heterocycles. The molecule has 3 aromatic carbocycles. The van der Waals surface area contributed by atoms with Crippen LogP contribution in [0.5, 0.6) is 0 Å². The van der Waals surface area contributed by atoms with Crippen LogP contribution >= 0.6 is 0 Å². The van der Waals surface area contributed by atoms with E-state index in [-0.39, 0.29) is 21.1 Å². The standard InChI is InChI=1S/3C7H5F2.Al/c3*1-5-2-3-6(8)4-7(5)9;/h2,4H,1H3;2*2-3H,1H3;. The Balaban J connectivity index is 2.46. The van der Waals surface area contributed by atoms with Crippen LogP contribution in [-0.4, -0.2) is 14.1 Å². The van der Waals surface area contributed by atoms with E-state index in [9.17, 15) is 26.3 Å². The first-order valence-corrected chi connectivity index (χ1v) is 10.2. The Morgan fingerprint density at radius 3 is 1.46 bits per heavy atom. The van der Waals surface area contributed by atoms with E-state index in [0.29, 0.717) is 6.07 Å². The van der Waals surface area contributed by atoms with Crippen LogP contribution in [0.25, 0.3) is 0 Å². The highest BCUT2D eigenvalue weighted by molar-refractivity contribution is 6.95. The van der Waals surface area contributed by atoms with Gasteiger partial charge in [0.05, 0.1) is 0 Å². The second-order valence-corrected chi connectivity index (χ2v) is 9.38. The largest absolute Gasteiger partial charge is 0.407 e. The van der Waals surface area contributed by atoms with E-state index in [4.69, 9.17) is 0 Å². The Kier molecular flexibility index (Phi) is 5.60. The van der Waals surface area contributed by atoms with Crippen molar-refractivity contribution in [1.29, 1.82) is 0 Å². The molecule has 0 bridgehead atoms. The first-order chi connectivity index (χ1) is 13.1. The third kappa shape index (κ3) is 3.45. The Morgan fingerprint density at radius 2 is 1.00 bits per heavy atom. The smallest absolute Gasteiger partial charge is 0.208 e.